The van der Waals surface area contributed by atoms with Crippen LogP contribution in [0.1, 0.15) is 12.5 Å². The predicted molar refractivity (Wildman–Crippen MR) is 111 cm³/mol. The van der Waals surface area contributed by atoms with Crippen LogP contribution in [-0.2, 0) is 13.1 Å². The summed E-state index contributed by atoms with van der Waals surface area (Å²) in [4.78, 5) is 23.8. The Bertz CT molecular complexity index is 1180. The first-order valence-electron chi connectivity index (χ1n) is 9.25. The van der Waals surface area contributed by atoms with Crippen LogP contribution in [0.3, 0.4) is 0 Å². The van der Waals surface area contributed by atoms with Gasteiger partial charge >= 0.3 is 5.69 Å². The molecule has 0 aliphatic carbocycles. The molecule has 8 nitrogen and oxygen atoms in total. The van der Waals surface area contributed by atoms with Crippen LogP contribution in [0, 0.1) is 0 Å². The summed E-state index contributed by atoms with van der Waals surface area (Å²) in [7, 11) is 0. The van der Waals surface area contributed by atoms with Crippen molar-refractivity contribution in [2.45, 2.75) is 20.0 Å². The van der Waals surface area contributed by atoms with Gasteiger partial charge in [0.05, 0.1) is 23.2 Å². The van der Waals surface area contributed by atoms with E-state index in [0.29, 0.717) is 25.5 Å². The lowest BCUT2D eigenvalue weighted by molar-refractivity contribution is 0.311. The highest BCUT2D eigenvalue weighted by molar-refractivity contribution is 5.98. The Balaban J connectivity index is 1.68. The van der Waals surface area contributed by atoms with E-state index in [1.807, 2.05) is 43.3 Å². The van der Waals surface area contributed by atoms with Gasteiger partial charge in [0.15, 0.2) is 0 Å². The number of para-hydroxylation sites is 1. The average Bonchev–Trinajstić information content (AvgIpc) is 3.03. The van der Waals surface area contributed by atoms with Gasteiger partial charge in [0.1, 0.15) is 12.1 Å². The maximum atomic E-state index is 12.1. The molecule has 0 aliphatic rings. The molecule has 0 spiro atoms. The number of aliphatic hydroxyl groups is 1. The molecule has 0 fully saturated rings. The van der Waals surface area contributed by atoms with Crippen molar-refractivity contribution in [3.63, 3.8) is 0 Å². The van der Waals surface area contributed by atoms with E-state index in [1.165, 1.54) is 6.33 Å². The number of nitrogens with zero attached hydrogens (tertiary/aromatic N) is 3. The van der Waals surface area contributed by atoms with Crippen molar-refractivity contribution >= 4 is 33.4 Å². The summed E-state index contributed by atoms with van der Waals surface area (Å²) in [6.07, 6.45) is 1.52. The van der Waals surface area contributed by atoms with E-state index in [2.05, 4.69) is 25.6 Å². The number of imidazole rings is 1. The summed E-state index contributed by atoms with van der Waals surface area (Å²) >= 11 is 0. The second-order valence-corrected chi connectivity index (χ2v) is 6.44. The number of anilines is 2. The number of fused-ring (bicyclic) bond motifs is 2. The van der Waals surface area contributed by atoms with Crippen molar-refractivity contribution in [2.24, 2.45) is 0 Å². The third-order valence-electron chi connectivity index (χ3n) is 4.74. The Morgan fingerprint density at radius 3 is 2.86 bits per heavy atom. The number of aromatic amines is 1. The molecule has 0 amide bonds. The number of benzene rings is 2. The van der Waals surface area contributed by atoms with Gasteiger partial charge in [0.25, 0.3) is 0 Å². The highest BCUT2D eigenvalue weighted by Gasteiger charge is 2.11. The molecule has 0 radical (unpaired) electrons. The molecule has 8 heteroatoms. The lowest BCUT2D eigenvalue weighted by atomic mass is 10.1. The number of H-pyrrole nitrogens is 1. The van der Waals surface area contributed by atoms with E-state index in [1.54, 1.807) is 4.57 Å². The number of aliphatic hydroxyl groups excluding tert-OH is 1. The summed E-state index contributed by atoms with van der Waals surface area (Å²) in [6, 6.07) is 11.8. The van der Waals surface area contributed by atoms with Gasteiger partial charge in [-0.3, -0.25) is 4.57 Å². The highest BCUT2D eigenvalue weighted by atomic mass is 16.3. The number of aryl methyl sites for hydroxylation is 1. The molecule has 2 aromatic heterocycles. The second-order valence-electron chi connectivity index (χ2n) is 6.44. The Morgan fingerprint density at radius 1 is 1.18 bits per heavy atom. The van der Waals surface area contributed by atoms with E-state index in [9.17, 15) is 4.79 Å². The average molecular weight is 378 g/mol. The number of aromatic nitrogens is 4. The predicted octanol–water partition coefficient (Wildman–Crippen LogP) is 2.31. The third-order valence-corrected chi connectivity index (χ3v) is 4.74. The monoisotopic (exact) mass is 378 g/mol. The number of hydrogen-bond donors (Lipinski definition) is 4. The van der Waals surface area contributed by atoms with Crippen LogP contribution in [-0.4, -0.2) is 37.8 Å². The molecule has 0 saturated heterocycles. The Labute approximate surface area is 161 Å². The van der Waals surface area contributed by atoms with Crippen LogP contribution >= 0.6 is 0 Å². The molecule has 144 valence electrons. The first-order chi connectivity index (χ1) is 13.7. The van der Waals surface area contributed by atoms with Gasteiger partial charge in [-0.15, -0.1) is 0 Å². The standard InChI is InChI=1S/C20H22N6O2/c1-2-26-18-10-16-14(9-17(18)25-20(26)28)19(24-12-23-16)22-11-13-5-3-4-6-15(13)21-7-8-27/h3-6,9-10,12,21,27H,2,7-8,11H2,1H3,(H,25,28)(H,22,23,24). The smallest absolute Gasteiger partial charge is 0.326 e. The molecular weight excluding hydrogens is 356 g/mol. The van der Waals surface area contributed by atoms with Crippen LogP contribution in [0.15, 0.2) is 47.5 Å². The van der Waals surface area contributed by atoms with Crippen molar-refractivity contribution < 1.29 is 5.11 Å². The van der Waals surface area contributed by atoms with Crippen molar-refractivity contribution in [2.75, 3.05) is 23.8 Å². The fourth-order valence-electron chi connectivity index (χ4n) is 3.38. The highest BCUT2D eigenvalue weighted by Crippen LogP contribution is 2.25. The Morgan fingerprint density at radius 2 is 2.04 bits per heavy atom. The minimum absolute atomic E-state index is 0.0733. The summed E-state index contributed by atoms with van der Waals surface area (Å²) in [6.45, 7) is 3.66. The van der Waals surface area contributed by atoms with Crippen LogP contribution < -0.4 is 16.3 Å². The van der Waals surface area contributed by atoms with Gasteiger partial charge in [-0.1, -0.05) is 18.2 Å². The second kappa shape index (κ2) is 7.69. The Hall–Kier alpha value is -3.39. The zero-order chi connectivity index (χ0) is 19.5. The number of nitrogens with one attached hydrogen (secondary N) is 3. The minimum atomic E-state index is -0.126. The van der Waals surface area contributed by atoms with E-state index < -0.39 is 0 Å². The van der Waals surface area contributed by atoms with Gasteiger partial charge in [-0.2, -0.15) is 0 Å². The fraction of sp³-hybridized carbons (Fsp3) is 0.250. The lowest BCUT2D eigenvalue weighted by Gasteiger charge is -2.13. The minimum Gasteiger partial charge on any atom is -0.395 e. The van der Waals surface area contributed by atoms with E-state index in [-0.39, 0.29) is 12.3 Å². The molecule has 0 atom stereocenters. The Kier molecular flexibility index (Phi) is 4.94. The molecular formula is C20H22N6O2. The third kappa shape index (κ3) is 3.29. The molecule has 0 bridgehead atoms. The molecule has 4 N–H and O–H groups in total. The topological polar surface area (TPSA) is 108 Å². The summed E-state index contributed by atoms with van der Waals surface area (Å²) in [5.74, 6) is 0.703. The van der Waals surface area contributed by atoms with Gasteiger partial charge in [0.2, 0.25) is 0 Å². The van der Waals surface area contributed by atoms with Gasteiger partial charge in [-0.05, 0) is 30.7 Å². The molecule has 4 aromatic rings. The zero-order valence-corrected chi connectivity index (χ0v) is 15.6. The summed E-state index contributed by atoms with van der Waals surface area (Å²) in [5, 5.41) is 16.5. The molecule has 2 aromatic carbocycles. The van der Waals surface area contributed by atoms with Gasteiger partial charge in [-0.25, -0.2) is 14.8 Å². The number of rotatable bonds is 7. The number of hydrogen-bond acceptors (Lipinski definition) is 6. The van der Waals surface area contributed by atoms with E-state index in [0.717, 1.165) is 33.2 Å². The van der Waals surface area contributed by atoms with Crippen molar-refractivity contribution in [3.8, 4) is 0 Å². The molecule has 4 rings (SSSR count). The van der Waals surface area contributed by atoms with E-state index >= 15 is 0 Å². The van der Waals surface area contributed by atoms with Crippen LogP contribution in [0.2, 0.25) is 0 Å². The molecule has 0 aliphatic heterocycles. The largest absolute Gasteiger partial charge is 0.395 e. The summed E-state index contributed by atoms with van der Waals surface area (Å²) < 4.78 is 1.69. The molecule has 2 heterocycles. The first kappa shape index (κ1) is 18.0. The molecule has 0 saturated carbocycles. The first-order valence-corrected chi connectivity index (χ1v) is 9.25. The van der Waals surface area contributed by atoms with E-state index in [4.69, 9.17) is 5.11 Å². The molecule has 28 heavy (non-hydrogen) atoms. The van der Waals surface area contributed by atoms with Crippen molar-refractivity contribution in [1.82, 2.24) is 19.5 Å². The van der Waals surface area contributed by atoms with Crippen LogP contribution in [0.4, 0.5) is 11.5 Å². The van der Waals surface area contributed by atoms with Crippen LogP contribution in [0.5, 0.6) is 0 Å². The van der Waals surface area contributed by atoms with Gasteiger partial charge in [0, 0.05) is 30.7 Å². The maximum Gasteiger partial charge on any atom is 0.326 e. The fourth-order valence-corrected chi connectivity index (χ4v) is 3.38. The maximum absolute atomic E-state index is 12.1. The van der Waals surface area contributed by atoms with Crippen LogP contribution in [0.25, 0.3) is 21.9 Å². The summed E-state index contributed by atoms with van der Waals surface area (Å²) in [5.41, 5.74) is 4.28. The lowest BCUT2D eigenvalue weighted by Crippen LogP contribution is -2.14. The zero-order valence-electron chi connectivity index (χ0n) is 15.6. The van der Waals surface area contributed by atoms with Gasteiger partial charge < -0.3 is 20.7 Å². The normalized spacial score (nSPS) is 11.2. The quantitative estimate of drug-likeness (QED) is 0.393. The molecule has 0 unspecified atom stereocenters. The SMILES string of the molecule is CCn1c(=O)[nH]c2cc3c(NCc4ccccc4NCCO)ncnc3cc21. The van der Waals surface area contributed by atoms with Crippen molar-refractivity contribution in [1.29, 1.82) is 0 Å². The van der Waals surface area contributed by atoms with Crippen molar-refractivity contribution in [3.05, 3.63) is 58.8 Å².